The van der Waals surface area contributed by atoms with Gasteiger partial charge in [0.2, 0.25) is 0 Å². The summed E-state index contributed by atoms with van der Waals surface area (Å²) in [6, 6.07) is 28.1. The number of hydrogen-bond acceptors (Lipinski definition) is 2. The van der Waals surface area contributed by atoms with Gasteiger partial charge in [-0.05, 0) is 41.3 Å². The van der Waals surface area contributed by atoms with Gasteiger partial charge in [-0.1, -0.05) is 106 Å². The van der Waals surface area contributed by atoms with Gasteiger partial charge in [0.1, 0.15) is 5.75 Å². The first kappa shape index (κ1) is 30.6. The van der Waals surface area contributed by atoms with Crippen LogP contribution in [0.1, 0.15) is 55.5 Å². The van der Waals surface area contributed by atoms with Crippen molar-refractivity contribution in [2.45, 2.75) is 58.4 Å². The molecule has 0 N–H and O–H groups in total. The summed E-state index contributed by atoms with van der Waals surface area (Å²) in [5, 5.41) is 5.83. The number of aromatic nitrogens is 1. The maximum Gasteiger partial charge on any atom is 0.340 e. The van der Waals surface area contributed by atoms with Crippen LogP contribution in [0.3, 0.4) is 0 Å². The summed E-state index contributed by atoms with van der Waals surface area (Å²) in [6.07, 6.45) is 0.567. The van der Waals surface area contributed by atoms with Gasteiger partial charge >= 0.3 is 12.3 Å². The van der Waals surface area contributed by atoms with Crippen molar-refractivity contribution in [3.63, 3.8) is 0 Å². The number of rotatable bonds is 12. The van der Waals surface area contributed by atoms with Crippen molar-refractivity contribution in [2.75, 3.05) is 6.61 Å². The van der Waals surface area contributed by atoms with E-state index in [1.54, 1.807) is 6.07 Å². The quantitative estimate of drug-likeness (QED) is 0.102. The molecule has 45 heavy (non-hydrogen) atoms. The number of hydrogen-bond donors (Lipinski definition) is 0. The topological polar surface area (TPSA) is 31.2 Å². The largest absolute Gasteiger partial charge is 0.486 e. The number of ether oxygens (including phenoxy) is 1. The second-order valence-corrected chi connectivity index (χ2v) is 11.8. The second kappa shape index (κ2) is 12.5. The number of halogens is 4. The minimum absolute atomic E-state index is 0.0341. The monoisotopic (exact) mass is 613 g/mol. The van der Waals surface area contributed by atoms with Crippen LogP contribution in [0.25, 0.3) is 43.4 Å². The molecule has 0 aliphatic heterocycles. The number of ketones is 1. The van der Waals surface area contributed by atoms with Crippen LogP contribution in [0.5, 0.6) is 5.75 Å². The summed E-state index contributed by atoms with van der Waals surface area (Å²) in [4.78, 5) is 14.3. The average molecular weight is 614 g/mol. The zero-order valence-electron chi connectivity index (χ0n) is 25.3. The molecule has 1 aromatic heterocycles. The van der Waals surface area contributed by atoms with Gasteiger partial charge in [-0.15, -0.1) is 0 Å². The SMILES string of the molecule is CCCCC(CC)Cn1c2c3ccccc3ccc2c2cc(C(=O)c3ccccc3OCC(F)(F)C(F)F)c3ccccc3c21. The molecule has 7 heteroatoms. The van der Waals surface area contributed by atoms with Crippen molar-refractivity contribution >= 4 is 49.1 Å². The summed E-state index contributed by atoms with van der Waals surface area (Å²) in [5.41, 5.74) is 2.59. The van der Waals surface area contributed by atoms with Crippen molar-refractivity contribution in [1.29, 1.82) is 0 Å². The third-order valence-corrected chi connectivity index (χ3v) is 8.85. The smallest absolute Gasteiger partial charge is 0.340 e. The molecule has 0 aliphatic rings. The lowest BCUT2D eigenvalue weighted by atomic mass is 9.93. The number of fused-ring (bicyclic) bond motifs is 7. The molecular formula is C38H35F4NO2. The maximum absolute atomic E-state index is 14.3. The number of alkyl halides is 4. The van der Waals surface area contributed by atoms with Gasteiger partial charge in [0, 0.05) is 33.7 Å². The van der Waals surface area contributed by atoms with E-state index >= 15 is 0 Å². The second-order valence-electron chi connectivity index (χ2n) is 11.8. The van der Waals surface area contributed by atoms with E-state index < -0.39 is 24.7 Å². The number of nitrogens with zero attached hydrogens (tertiary/aromatic N) is 1. The van der Waals surface area contributed by atoms with Crippen LogP contribution < -0.4 is 4.74 Å². The third kappa shape index (κ3) is 5.65. The first-order valence-corrected chi connectivity index (χ1v) is 15.5. The van der Waals surface area contributed by atoms with Crippen molar-refractivity contribution in [1.82, 2.24) is 4.57 Å². The fourth-order valence-corrected chi connectivity index (χ4v) is 6.44. The highest BCUT2D eigenvalue weighted by atomic mass is 19.3. The van der Waals surface area contributed by atoms with Gasteiger partial charge in [-0.25, -0.2) is 8.78 Å². The van der Waals surface area contributed by atoms with Crippen LogP contribution in [0, 0.1) is 5.92 Å². The van der Waals surface area contributed by atoms with Crippen molar-refractivity contribution in [3.8, 4) is 5.75 Å². The lowest BCUT2D eigenvalue weighted by Crippen LogP contribution is -2.34. The minimum atomic E-state index is -4.35. The predicted octanol–water partition coefficient (Wildman–Crippen LogP) is 10.8. The number of carbonyl (C=O) groups excluding carboxylic acids is 1. The standard InChI is InChI=1S/C38H35F4NO2/c1-3-5-12-24(4-2)22-43-34-26-14-7-6-13-25(26)19-20-29(34)31-21-32(27-15-8-9-16-28(27)35(31)43)36(44)30-17-10-11-18-33(30)45-23-38(41,42)37(39)40/h6-11,13-21,24,37H,3-5,12,22-23H2,1-2H3. The molecular weight excluding hydrogens is 578 g/mol. The normalized spacial score (nSPS) is 13.0. The van der Waals surface area contributed by atoms with Crippen LogP contribution >= 0.6 is 0 Å². The molecule has 0 fully saturated rings. The highest BCUT2D eigenvalue weighted by Crippen LogP contribution is 2.41. The van der Waals surface area contributed by atoms with E-state index in [1.165, 1.54) is 18.2 Å². The molecule has 232 valence electrons. The molecule has 1 heterocycles. The maximum atomic E-state index is 14.3. The average Bonchev–Trinajstić information content (AvgIpc) is 3.38. The number of benzene rings is 5. The Morgan fingerprint density at radius 3 is 2.16 bits per heavy atom. The molecule has 3 nitrogen and oxygen atoms in total. The Balaban J connectivity index is 1.59. The summed E-state index contributed by atoms with van der Waals surface area (Å²) < 4.78 is 60.8. The lowest BCUT2D eigenvalue weighted by Gasteiger charge is -2.19. The molecule has 0 aliphatic carbocycles. The fourth-order valence-electron chi connectivity index (χ4n) is 6.44. The number of unbranched alkanes of at least 4 members (excludes halogenated alkanes) is 1. The van der Waals surface area contributed by atoms with Gasteiger partial charge in [-0.3, -0.25) is 4.79 Å². The van der Waals surface area contributed by atoms with Gasteiger partial charge in [0.25, 0.3) is 0 Å². The molecule has 1 atom stereocenters. The van der Waals surface area contributed by atoms with E-state index in [9.17, 15) is 22.4 Å². The molecule has 0 radical (unpaired) electrons. The zero-order valence-corrected chi connectivity index (χ0v) is 25.3. The highest BCUT2D eigenvalue weighted by Gasteiger charge is 2.42. The molecule has 0 saturated heterocycles. The Kier molecular flexibility index (Phi) is 8.54. The summed E-state index contributed by atoms with van der Waals surface area (Å²) in [5.74, 6) is -4.47. The first-order chi connectivity index (χ1) is 21.7. The molecule has 0 spiro atoms. The molecule has 5 aromatic carbocycles. The third-order valence-electron chi connectivity index (χ3n) is 8.85. The van der Waals surface area contributed by atoms with Crippen molar-refractivity contribution in [3.05, 3.63) is 102 Å². The van der Waals surface area contributed by atoms with Gasteiger partial charge in [0.15, 0.2) is 12.4 Å². The van der Waals surface area contributed by atoms with Crippen LogP contribution in [0.4, 0.5) is 17.6 Å². The Hall–Kier alpha value is -4.39. The Labute approximate surface area is 259 Å². The van der Waals surface area contributed by atoms with E-state index in [1.807, 2.05) is 42.5 Å². The number of carbonyl (C=O) groups is 1. The molecule has 6 aromatic rings. The van der Waals surface area contributed by atoms with Crippen LogP contribution in [0.2, 0.25) is 0 Å². The Morgan fingerprint density at radius 1 is 0.778 bits per heavy atom. The summed E-state index contributed by atoms with van der Waals surface area (Å²) >= 11 is 0. The molecule has 6 rings (SSSR count). The lowest BCUT2D eigenvalue weighted by molar-refractivity contribution is -0.148. The van der Waals surface area contributed by atoms with Crippen LogP contribution in [0.15, 0.2) is 91.0 Å². The highest BCUT2D eigenvalue weighted by molar-refractivity contribution is 6.28. The molecule has 0 bridgehead atoms. The van der Waals surface area contributed by atoms with E-state index in [0.29, 0.717) is 11.5 Å². The molecule has 0 saturated carbocycles. The first-order valence-electron chi connectivity index (χ1n) is 15.5. The van der Waals surface area contributed by atoms with Crippen LogP contribution in [-0.2, 0) is 6.54 Å². The molecule has 1 unspecified atom stereocenters. The fraction of sp³-hybridized carbons (Fsp3) is 0.289. The Bertz CT molecular complexity index is 2010. The van der Waals surface area contributed by atoms with E-state index in [4.69, 9.17) is 4.74 Å². The Morgan fingerprint density at radius 2 is 1.42 bits per heavy atom. The van der Waals surface area contributed by atoms with Crippen molar-refractivity contribution in [2.24, 2.45) is 5.92 Å². The summed E-state index contributed by atoms with van der Waals surface area (Å²) in [7, 11) is 0. The van der Waals surface area contributed by atoms with Crippen molar-refractivity contribution < 1.29 is 27.1 Å². The van der Waals surface area contributed by atoms with E-state index in [2.05, 4.69) is 42.7 Å². The van der Waals surface area contributed by atoms with E-state index in [-0.39, 0.29) is 11.3 Å². The van der Waals surface area contributed by atoms with Gasteiger partial charge < -0.3 is 9.30 Å². The minimum Gasteiger partial charge on any atom is -0.486 e. The van der Waals surface area contributed by atoms with Gasteiger partial charge in [-0.2, -0.15) is 8.78 Å². The number of para-hydroxylation sites is 1. The van der Waals surface area contributed by atoms with Crippen LogP contribution in [-0.4, -0.2) is 29.3 Å². The summed E-state index contributed by atoms with van der Waals surface area (Å²) in [6.45, 7) is 3.74. The van der Waals surface area contributed by atoms with E-state index in [0.717, 1.165) is 75.6 Å². The molecule has 0 amide bonds. The predicted molar refractivity (Wildman–Crippen MR) is 174 cm³/mol. The van der Waals surface area contributed by atoms with Gasteiger partial charge in [0.05, 0.1) is 16.6 Å². The zero-order chi connectivity index (χ0) is 31.7.